The molecular weight excluding hydrogens is 172 g/mol. The van der Waals surface area contributed by atoms with Crippen LogP contribution in [0.3, 0.4) is 0 Å². The third kappa shape index (κ3) is 1.12. The predicted octanol–water partition coefficient (Wildman–Crippen LogP) is -0.0891. The normalized spacial score (nSPS) is 10.2. The molecule has 0 aliphatic carbocycles. The lowest BCUT2D eigenvalue weighted by Gasteiger charge is -1.97. The van der Waals surface area contributed by atoms with Crippen LogP contribution in [0.15, 0.2) is 18.7 Å². The van der Waals surface area contributed by atoms with Crippen LogP contribution >= 0.6 is 0 Å². The molecular formula is C7H6N4O2. The molecule has 0 N–H and O–H groups in total. The SMILES string of the molecule is COC(=O)c1nccn2ncnc12. The number of hydrogen-bond donors (Lipinski definition) is 0. The van der Waals surface area contributed by atoms with Crippen molar-refractivity contribution < 1.29 is 9.53 Å². The van der Waals surface area contributed by atoms with Gasteiger partial charge >= 0.3 is 5.97 Å². The van der Waals surface area contributed by atoms with Gasteiger partial charge in [-0.05, 0) is 0 Å². The van der Waals surface area contributed by atoms with Crippen LogP contribution in [-0.4, -0.2) is 32.7 Å². The van der Waals surface area contributed by atoms with Gasteiger partial charge in [0.15, 0.2) is 11.3 Å². The molecule has 0 radical (unpaired) electrons. The van der Waals surface area contributed by atoms with Gasteiger partial charge in [0.05, 0.1) is 7.11 Å². The molecule has 0 aliphatic heterocycles. The number of fused-ring (bicyclic) bond motifs is 1. The van der Waals surface area contributed by atoms with Gasteiger partial charge in [0.1, 0.15) is 6.33 Å². The van der Waals surface area contributed by atoms with Crippen LogP contribution in [0.25, 0.3) is 5.65 Å². The second-order valence-electron chi connectivity index (χ2n) is 2.30. The van der Waals surface area contributed by atoms with E-state index in [1.807, 2.05) is 0 Å². The zero-order valence-corrected chi connectivity index (χ0v) is 6.84. The Morgan fingerprint density at radius 1 is 1.54 bits per heavy atom. The number of esters is 1. The molecule has 6 heteroatoms. The molecule has 0 atom stereocenters. The fraction of sp³-hybridized carbons (Fsp3) is 0.143. The fourth-order valence-corrected chi connectivity index (χ4v) is 0.998. The summed E-state index contributed by atoms with van der Waals surface area (Å²) in [5, 5.41) is 3.85. The van der Waals surface area contributed by atoms with E-state index in [-0.39, 0.29) is 5.69 Å². The largest absolute Gasteiger partial charge is 0.464 e. The van der Waals surface area contributed by atoms with E-state index in [1.54, 1.807) is 6.20 Å². The second-order valence-corrected chi connectivity index (χ2v) is 2.30. The maximum Gasteiger partial charge on any atom is 0.360 e. The number of ether oxygens (including phenoxy) is 1. The van der Waals surface area contributed by atoms with E-state index in [0.717, 1.165) is 0 Å². The lowest BCUT2D eigenvalue weighted by molar-refractivity contribution is 0.0595. The fourth-order valence-electron chi connectivity index (χ4n) is 0.998. The van der Waals surface area contributed by atoms with Crippen molar-refractivity contribution in [1.29, 1.82) is 0 Å². The van der Waals surface area contributed by atoms with Gasteiger partial charge in [-0.1, -0.05) is 0 Å². The van der Waals surface area contributed by atoms with Gasteiger partial charge in [-0.2, -0.15) is 5.10 Å². The molecule has 2 aromatic heterocycles. The van der Waals surface area contributed by atoms with Crippen molar-refractivity contribution in [2.75, 3.05) is 7.11 Å². The van der Waals surface area contributed by atoms with Gasteiger partial charge in [0, 0.05) is 12.4 Å². The first-order valence-corrected chi connectivity index (χ1v) is 3.55. The van der Waals surface area contributed by atoms with Crippen molar-refractivity contribution in [3.8, 4) is 0 Å². The average Bonchev–Trinajstić information content (AvgIpc) is 2.63. The van der Waals surface area contributed by atoms with Crippen LogP contribution in [0.5, 0.6) is 0 Å². The summed E-state index contributed by atoms with van der Waals surface area (Å²) >= 11 is 0. The van der Waals surface area contributed by atoms with Crippen molar-refractivity contribution in [3.05, 3.63) is 24.4 Å². The van der Waals surface area contributed by atoms with E-state index >= 15 is 0 Å². The van der Waals surface area contributed by atoms with Gasteiger partial charge in [-0.3, -0.25) is 0 Å². The van der Waals surface area contributed by atoms with Crippen LogP contribution in [0.4, 0.5) is 0 Å². The molecule has 0 amide bonds. The van der Waals surface area contributed by atoms with Gasteiger partial charge in [0.2, 0.25) is 0 Å². The van der Waals surface area contributed by atoms with Crippen LogP contribution in [-0.2, 0) is 4.74 Å². The molecule has 0 aliphatic rings. The van der Waals surface area contributed by atoms with Crippen molar-refractivity contribution in [1.82, 2.24) is 19.6 Å². The van der Waals surface area contributed by atoms with Gasteiger partial charge in [-0.25, -0.2) is 19.3 Å². The highest BCUT2D eigenvalue weighted by atomic mass is 16.5. The maximum atomic E-state index is 11.2. The van der Waals surface area contributed by atoms with E-state index in [9.17, 15) is 4.79 Å². The summed E-state index contributed by atoms with van der Waals surface area (Å²) in [6.07, 6.45) is 4.42. The molecule has 2 rings (SSSR count). The predicted molar refractivity (Wildman–Crippen MR) is 42.1 cm³/mol. The molecule has 0 saturated heterocycles. The quantitative estimate of drug-likeness (QED) is 0.571. The summed E-state index contributed by atoms with van der Waals surface area (Å²) in [6, 6.07) is 0. The van der Waals surface area contributed by atoms with Crippen LogP contribution in [0, 0.1) is 0 Å². The molecule has 2 heterocycles. The van der Waals surface area contributed by atoms with Crippen molar-refractivity contribution >= 4 is 11.6 Å². The Morgan fingerprint density at radius 3 is 3.15 bits per heavy atom. The molecule has 0 saturated carbocycles. The zero-order valence-electron chi connectivity index (χ0n) is 6.84. The summed E-state index contributed by atoms with van der Waals surface area (Å²) in [4.78, 5) is 18.9. The van der Waals surface area contributed by atoms with Crippen molar-refractivity contribution in [2.45, 2.75) is 0 Å². The van der Waals surface area contributed by atoms with E-state index in [0.29, 0.717) is 5.65 Å². The standard InChI is InChI=1S/C7H6N4O2/c1-13-7(12)5-6-9-4-10-11(6)3-2-8-5/h2-4H,1H3. The minimum absolute atomic E-state index is 0.169. The number of nitrogens with zero attached hydrogens (tertiary/aromatic N) is 4. The molecule has 0 unspecified atom stereocenters. The van der Waals surface area contributed by atoms with Crippen molar-refractivity contribution in [3.63, 3.8) is 0 Å². The first-order chi connectivity index (χ1) is 6.33. The van der Waals surface area contributed by atoms with Gasteiger partial charge in [-0.15, -0.1) is 0 Å². The lowest BCUT2D eigenvalue weighted by atomic mass is 10.4. The Bertz CT molecular complexity index is 450. The highest BCUT2D eigenvalue weighted by molar-refractivity contribution is 5.93. The minimum atomic E-state index is -0.515. The molecule has 0 spiro atoms. The van der Waals surface area contributed by atoms with E-state index in [2.05, 4.69) is 19.8 Å². The summed E-state index contributed by atoms with van der Waals surface area (Å²) in [5.41, 5.74) is 0.567. The molecule has 66 valence electrons. The molecule has 6 nitrogen and oxygen atoms in total. The number of methoxy groups -OCH3 is 1. The summed E-state index contributed by atoms with van der Waals surface area (Å²) in [6.45, 7) is 0. The number of carbonyl (C=O) groups is 1. The van der Waals surface area contributed by atoms with E-state index < -0.39 is 5.97 Å². The van der Waals surface area contributed by atoms with Crippen LogP contribution < -0.4 is 0 Å². The Hall–Kier alpha value is -1.98. The van der Waals surface area contributed by atoms with E-state index in [4.69, 9.17) is 0 Å². The molecule has 2 aromatic rings. The third-order valence-corrected chi connectivity index (χ3v) is 1.58. The summed E-state index contributed by atoms with van der Waals surface area (Å²) in [7, 11) is 1.30. The molecule has 13 heavy (non-hydrogen) atoms. The average molecular weight is 178 g/mol. The number of aromatic nitrogens is 4. The molecule has 0 fully saturated rings. The topological polar surface area (TPSA) is 69.4 Å². The third-order valence-electron chi connectivity index (χ3n) is 1.58. The minimum Gasteiger partial charge on any atom is -0.464 e. The zero-order chi connectivity index (χ0) is 9.26. The smallest absolute Gasteiger partial charge is 0.360 e. The Morgan fingerprint density at radius 2 is 2.38 bits per heavy atom. The highest BCUT2D eigenvalue weighted by Gasteiger charge is 2.13. The van der Waals surface area contributed by atoms with Crippen LogP contribution in [0.1, 0.15) is 10.5 Å². The monoisotopic (exact) mass is 178 g/mol. The van der Waals surface area contributed by atoms with E-state index in [1.165, 1.54) is 24.1 Å². The number of carbonyl (C=O) groups excluding carboxylic acids is 1. The van der Waals surface area contributed by atoms with Gasteiger partial charge in [0.25, 0.3) is 0 Å². The summed E-state index contributed by atoms with van der Waals surface area (Å²) < 4.78 is 5.99. The Kier molecular flexibility index (Phi) is 1.66. The molecule has 0 bridgehead atoms. The number of hydrogen-bond acceptors (Lipinski definition) is 5. The highest BCUT2D eigenvalue weighted by Crippen LogP contribution is 2.03. The first-order valence-electron chi connectivity index (χ1n) is 3.55. The Balaban J connectivity index is 2.67. The van der Waals surface area contributed by atoms with Gasteiger partial charge < -0.3 is 4.74 Å². The molecule has 0 aromatic carbocycles. The lowest BCUT2D eigenvalue weighted by Crippen LogP contribution is -2.07. The second kappa shape index (κ2) is 2.81. The van der Waals surface area contributed by atoms with Crippen LogP contribution in [0.2, 0.25) is 0 Å². The van der Waals surface area contributed by atoms with Crippen molar-refractivity contribution in [2.24, 2.45) is 0 Å². The Labute approximate surface area is 73.2 Å². The number of rotatable bonds is 1. The first kappa shape index (κ1) is 7.66. The summed E-state index contributed by atoms with van der Waals surface area (Å²) in [5.74, 6) is -0.515. The maximum absolute atomic E-state index is 11.2.